The van der Waals surface area contributed by atoms with Gasteiger partial charge in [-0.15, -0.1) is 11.3 Å². The van der Waals surface area contributed by atoms with E-state index >= 15 is 0 Å². The molecule has 0 spiro atoms. The molecule has 4 rings (SSSR count). The van der Waals surface area contributed by atoms with Crippen LogP contribution in [0.3, 0.4) is 0 Å². The van der Waals surface area contributed by atoms with Crippen LogP contribution in [-0.4, -0.2) is 34.7 Å². The Labute approximate surface area is 200 Å². The van der Waals surface area contributed by atoms with E-state index in [1.807, 2.05) is 0 Å². The van der Waals surface area contributed by atoms with Gasteiger partial charge in [0.2, 0.25) is 11.8 Å². The lowest BCUT2D eigenvalue weighted by Gasteiger charge is -2.25. The van der Waals surface area contributed by atoms with Crippen molar-refractivity contribution in [1.82, 2.24) is 15.5 Å². The molecule has 180 valence electrons. The maximum absolute atomic E-state index is 12.8. The van der Waals surface area contributed by atoms with Gasteiger partial charge in [-0.1, -0.05) is 11.6 Å². The molecule has 0 radical (unpaired) electrons. The van der Waals surface area contributed by atoms with Crippen molar-refractivity contribution in [3.05, 3.63) is 50.2 Å². The first-order valence-electron chi connectivity index (χ1n) is 10.2. The first-order chi connectivity index (χ1) is 16.0. The summed E-state index contributed by atoms with van der Waals surface area (Å²) < 4.78 is 38.4. The number of nitrogens with zero attached hydrogens (tertiary/aromatic N) is 1. The molecule has 3 heterocycles. The highest BCUT2D eigenvalue weighted by atomic mass is 35.5. The zero-order valence-electron chi connectivity index (χ0n) is 17.4. The maximum Gasteiger partial charge on any atom is 0.417 e. The molecule has 1 atom stereocenters. The van der Waals surface area contributed by atoms with Gasteiger partial charge in [-0.25, -0.2) is 4.79 Å². The van der Waals surface area contributed by atoms with Gasteiger partial charge in [0.05, 0.1) is 22.7 Å². The second-order valence-electron chi connectivity index (χ2n) is 7.80. The van der Waals surface area contributed by atoms with Gasteiger partial charge < -0.3 is 15.5 Å². The third-order valence-corrected chi connectivity index (χ3v) is 6.91. The number of carbonyl (C=O) groups is 4. The zero-order chi connectivity index (χ0) is 24.6. The van der Waals surface area contributed by atoms with E-state index in [1.165, 1.54) is 16.2 Å². The number of rotatable bonds is 4. The van der Waals surface area contributed by atoms with Gasteiger partial charge in [-0.2, -0.15) is 13.2 Å². The summed E-state index contributed by atoms with van der Waals surface area (Å²) in [6.07, 6.45) is -3.51. The average molecular weight is 515 g/mol. The number of halogens is 4. The second kappa shape index (κ2) is 9.26. The van der Waals surface area contributed by atoms with Crippen LogP contribution < -0.4 is 16.0 Å². The Morgan fingerprint density at radius 2 is 2.03 bits per heavy atom. The summed E-state index contributed by atoms with van der Waals surface area (Å²) >= 11 is 6.94. The molecule has 8 nitrogen and oxygen atoms in total. The fourth-order valence-corrected chi connectivity index (χ4v) is 5.16. The molecule has 1 aromatic carbocycles. The minimum Gasteiger partial charge on any atom is -0.333 e. The summed E-state index contributed by atoms with van der Waals surface area (Å²) in [5.41, 5.74) is 0.216. The van der Waals surface area contributed by atoms with E-state index in [9.17, 15) is 32.3 Å². The van der Waals surface area contributed by atoms with Crippen molar-refractivity contribution in [3.63, 3.8) is 0 Å². The summed E-state index contributed by atoms with van der Waals surface area (Å²) in [6.45, 7) is 0.244. The van der Waals surface area contributed by atoms with E-state index in [1.54, 1.807) is 5.38 Å². The van der Waals surface area contributed by atoms with Crippen molar-refractivity contribution in [2.24, 2.45) is 0 Å². The van der Waals surface area contributed by atoms with E-state index < -0.39 is 34.7 Å². The van der Waals surface area contributed by atoms with E-state index in [0.717, 1.165) is 18.2 Å². The molecule has 5 amide bonds. The van der Waals surface area contributed by atoms with Crippen LogP contribution in [0.25, 0.3) is 0 Å². The standard InChI is InChI=1S/C21H18ClF3N4O4S/c22-14-6-10(4-5-13(14)21(23,24)25)27-20(33)26-7-16-11-8-29(19(32)12(11)9-34-16)15-2-1-3-17(30)28-18(15)31/h4-6,9,15H,1-3,7-8H2,(H2,26,27,33)(H,28,30,31). The van der Waals surface area contributed by atoms with Gasteiger partial charge >= 0.3 is 12.2 Å². The highest BCUT2D eigenvalue weighted by molar-refractivity contribution is 7.10. The molecule has 2 aliphatic rings. The van der Waals surface area contributed by atoms with Crippen LogP contribution >= 0.6 is 22.9 Å². The summed E-state index contributed by atoms with van der Waals surface area (Å²) in [7, 11) is 0. The summed E-state index contributed by atoms with van der Waals surface area (Å²) in [5.74, 6) is -1.17. The van der Waals surface area contributed by atoms with Crippen molar-refractivity contribution in [2.45, 2.75) is 44.6 Å². The predicted molar refractivity (Wildman–Crippen MR) is 117 cm³/mol. The summed E-state index contributed by atoms with van der Waals surface area (Å²) in [6, 6.07) is 1.47. The Balaban J connectivity index is 1.38. The Morgan fingerprint density at radius 3 is 2.74 bits per heavy atom. The van der Waals surface area contributed by atoms with E-state index in [0.29, 0.717) is 28.8 Å². The van der Waals surface area contributed by atoms with E-state index in [4.69, 9.17) is 11.6 Å². The van der Waals surface area contributed by atoms with Gasteiger partial charge in [0.15, 0.2) is 0 Å². The third-order valence-electron chi connectivity index (χ3n) is 5.57. The van der Waals surface area contributed by atoms with Gasteiger partial charge in [-0.05, 0) is 36.6 Å². The van der Waals surface area contributed by atoms with Gasteiger partial charge in [0.25, 0.3) is 5.91 Å². The Morgan fingerprint density at radius 1 is 1.26 bits per heavy atom. The molecular formula is C21H18ClF3N4O4S. The van der Waals surface area contributed by atoms with Crippen LogP contribution in [0.5, 0.6) is 0 Å². The Bertz CT molecular complexity index is 1180. The largest absolute Gasteiger partial charge is 0.417 e. The number of urea groups is 1. The van der Waals surface area contributed by atoms with Crippen molar-refractivity contribution < 1.29 is 32.3 Å². The van der Waals surface area contributed by atoms with Crippen LogP contribution in [0.2, 0.25) is 5.02 Å². The minimum absolute atomic E-state index is 0.0661. The molecule has 34 heavy (non-hydrogen) atoms. The number of imide groups is 1. The lowest BCUT2D eigenvalue weighted by atomic mass is 10.1. The van der Waals surface area contributed by atoms with Crippen molar-refractivity contribution in [1.29, 1.82) is 0 Å². The van der Waals surface area contributed by atoms with Crippen molar-refractivity contribution >= 4 is 52.4 Å². The van der Waals surface area contributed by atoms with Crippen LogP contribution in [0, 0.1) is 0 Å². The zero-order valence-corrected chi connectivity index (χ0v) is 19.0. The molecule has 0 saturated carbocycles. The molecule has 13 heteroatoms. The second-order valence-corrected chi connectivity index (χ2v) is 9.18. The molecule has 0 aliphatic carbocycles. The average Bonchev–Trinajstić information content (AvgIpc) is 3.23. The highest BCUT2D eigenvalue weighted by Crippen LogP contribution is 2.36. The number of alkyl halides is 3. The number of hydrogen-bond acceptors (Lipinski definition) is 5. The van der Waals surface area contributed by atoms with E-state index in [2.05, 4.69) is 16.0 Å². The molecule has 0 bridgehead atoms. The molecule has 2 aliphatic heterocycles. The number of nitrogens with one attached hydrogen (secondary N) is 3. The Kier molecular flexibility index (Phi) is 6.54. The smallest absolute Gasteiger partial charge is 0.333 e. The molecule has 2 aromatic rings. The number of fused-ring (bicyclic) bond motifs is 1. The summed E-state index contributed by atoms with van der Waals surface area (Å²) in [5, 5.41) is 8.43. The first-order valence-corrected chi connectivity index (χ1v) is 11.5. The van der Waals surface area contributed by atoms with Gasteiger partial charge in [0.1, 0.15) is 6.04 Å². The highest BCUT2D eigenvalue weighted by Gasteiger charge is 2.39. The number of benzene rings is 1. The quantitative estimate of drug-likeness (QED) is 0.538. The van der Waals surface area contributed by atoms with Crippen LogP contribution in [-0.2, 0) is 28.9 Å². The monoisotopic (exact) mass is 514 g/mol. The normalized spacial score (nSPS) is 18.4. The lowest BCUT2D eigenvalue weighted by molar-refractivity contribution is -0.137. The molecular weight excluding hydrogens is 497 g/mol. The predicted octanol–water partition coefficient (Wildman–Crippen LogP) is 3.89. The number of hydrogen-bond donors (Lipinski definition) is 3. The number of carbonyl (C=O) groups excluding carboxylic acids is 4. The molecule has 3 N–H and O–H groups in total. The van der Waals surface area contributed by atoms with Gasteiger partial charge in [0, 0.05) is 28.9 Å². The lowest BCUT2D eigenvalue weighted by Crippen LogP contribution is -2.47. The topological polar surface area (TPSA) is 108 Å². The van der Waals surface area contributed by atoms with Crippen LogP contribution in [0.4, 0.5) is 23.7 Å². The minimum atomic E-state index is -4.60. The molecule has 1 aromatic heterocycles. The molecule has 1 fully saturated rings. The molecule has 1 saturated heterocycles. The number of thiophene rings is 1. The first kappa shape index (κ1) is 24.0. The Hall–Kier alpha value is -3.12. The fraction of sp³-hybridized carbons (Fsp3) is 0.333. The maximum atomic E-state index is 12.8. The van der Waals surface area contributed by atoms with E-state index in [-0.39, 0.29) is 37.0 Å². The molecule has 1 unspecified atom stereocenters. The van der Waals surface area contributed by atoms with Crippen molar-refractivity contribution in [3.8, 4) is 0 Å². The van der Waals surface area contributed by atoms with Gasteiger partial charge in [-0.3, -0.25) is 19.7 Å². The number of anilines is 1. The van der Waals surface area contributed by atoms with Crippen LogP contribution in [0.15, 0.2) is 23.6 Å². The number of amides is 5. The fourth-order valence-electron chi connectivity index (χ4n) is 3.90. The SMILES string of the molecule is O=C1CCCC(N2Cc3c(csc3CNC(=O)Nc3ccc(C(F)(F)F)c(Cl)c3)C2=O)C(=O)N1. The van der Waals surface area contributed by atoms with Crippen LogP contribution in [0.1, 0.15) is 45.6 Å². The summed E-state index contributed by atoms with van der Waals surface area (Å²) in [4.78, 5) is 51.1. The van der Waals surface area contributed by atoms with Crippen molar-refractivity contribution in [2.75, 3.05) is 5.32 Å². The third kappa shape index (κ3) is 4.87.